The molecule has 0 fully saturated rings. The highest BCUT2D eigenvalue weighted by molar-refractivity contribution is 7.98. The van der Waals surface area contributed by atoms with Crippen LogP contribution in [0.3, 0.4) is 0 Å². The number of rotatable bonds is 6. The van der Waals surface area contributed by atoms with Gasteiger partial charge in [0.05, 0.1) is 11.3 Å². The molecule has 1 heterocycles. The highest BCUT2D eigenvalue weighted by Gasteiger charge is 2.22. The summed E-state index contributed by atoms with van der Waals surface area (Å²) in [7, 11) is 0. The van der Waals surface area contributed by atoms with Gasteiger partial charge in [-0.25, -0.2) is 0 Å². The largest absolute Gasteiger partial charge is 0.463 e. The molecule has 1 radical (unpaired) electrons. The van der Waals surface area contributed by atoms with Gasteiger partial charge in [0.1, 0.15) is 11.5 Å². The number of hydrogen-bond donors (Lipinski definition) is 1. The van der Waals surface area contributed by atoms with E-state index in [0.29, 0.717) is 6.54 Å². The van der Waals surface area contributed by atoms with E-state index in [4.69, 9.17) is 15.9 Å². The van der Waals surface area contributed by atoms with Crippen LogP contribution in [0.4, 0.5) is 0 Å². The molecule has 85 valence electrons. The first kappa shape index (κ1) is 12.6. The molecule has 15 heavy (non-hydrogen) atoms. The summed E-state index contributed by atoms with van der Waals surface area (Å²) < 4.78 is 5.68. The summed E-state index contributed by atoms with van der Waals surface area (Å²) in [6.45, 7) is 4.49. The van der Waals surface area contributed by atoms with Gasteiger partial charge in [-0.15, -0.1) is 0 Å². The van der Waals surface area contributed by atoms with Gasteiger partial charge in [0.25, 0.3) is 0 Å². The third-order valence-electron chi connectivity index (χ3n) is 2.45. The molecule has 0 aliphatic heterocycles. The second-order valence-electron chi connectivity index (χ2n) is 3.84. The normalized spacial score (nSPS) is 15.2. The summed E-state index contributed by atoms with van der Waals surface area (Å²) in [5.74, 6) is 3.49. The highest BCUT2D eigenvalue weighted by Crippen LogP contribution is 2.25. The molecule has 1 unspecified atom stereocenters. The van der Waals surface area contributed by atoms with Crippen LogP contribution in [0.5, 0.6) is 0 Å². The first-order valence-corrected chi connectivity index (χ1v) is 6.36. The Labute approximate surface area is 95.6 Å². The van der Waals surface area contributed by atoms with Gasteiger partial charge < -0.3 is 10.2 Å². The average Bonchev–Trinajstić information content (AvgIpc) is 2.68. The van der Waals surface area contributed by atoms with Crippen molar-refractivity contribution in [2.75, 3.05) is 12.3 Å². The topological polar surface area (TPSA) is 63.0 Å². The SMILES string of the molecule is CCC(C)(N)c1ccc(CSCC[NH])o1. The van der Waals surface area contributed by atoms with E-state index in [0.717, 1.165) is 29.4 Å². The first-order valence-electron chi connectivity index (χ1n) is 5.20. The first-order chi connectivity index (χ1) is 7.10. The standard InChI is InChI=1S/C11H19N2OS/c1-3-11(2,13)10-5-4-9(14-10)8-15-7-6-12/h4-5,12H,3,6-8,13H2,1-2H3. The van der Waals surface area contributed by atoms with E-state index in [2.05, 4.69) is 6.92 Å². The predicted molar refractivity (Wildman–Crippen MR) is 64.7 cm³/mol. The third kappa shape index (κ3) is 3.55. The van der Waals surface area contributed by atoms with Crippen molar-refractivity contribution in [2.45, 2.75) is 31.6 Å². The lowest BCUT2D eigenvalue weighted by molar-refractivity contribution is 0.349. The van der Waals surface area contributed by atoms with Crippen LogP contribution in [0, 0.1) is 0 Å². The van der Waals surface area contributed by atoms with E-state index in [-0.39, 0.29) is 5.54 Å². The predicted octanol–water partition coefficient (Wildman–Crippen LogP) is 2.38. The Morgan fingerprint density at radius 2 is 2.27 bits per heavy atom. The molecule has 3 nitrogen and oxygen atoms in total. The molecule has 0 spiro atoms. The van der Waals surface area contributed by atoms with E-state index in [1.165, 1.54) is 0 Å². The fraction of sp³-hybridized carbons (Fsp3) is 0.636. The van der Waals surface area contributed by atoms with Gasteiger partial charge in [-0.2, -0.15) is 11.8 Å². The van der Waals surface area contributed by atoms with E-state index >= 15 is 0 Å². The third-order valence-corrected chi connectivity index (χ3v) is 3.43. The molecular weight excluding hydrogens is 208 g/mol. The van der Waals surface area contributed by atoms with Gasteiger partial charge in [0.15, 0.2) is 0 Å². The summed E-state index contributed by atoms with van der Waals surface area (Å²) in [5, 5.41) is 0. The molecule has 0 saturated heterocycles. The van der Waals surface area contributed by atoms with Crippen LogP contribution in [0.2, 0.25) is 0 Å². The molecule has 1 aromatic heterocycles. The number of furan rings is 1. The maximum atomic E-state index is 7.03. The molecule has 4 heteroatoms. The number of hydrogen-bond acceptors (Lipinski definition) is 3. The number of nitrogens with two attached hydrogens (primary N) is 1. The van der Waals surface area contributed by atoms with Gasteiger partial charge in [0, 0.05) is 12.3 Å². The highest BCUT2D eigenvalue weighted by atomic mass is 32.2. The molecule has 0 aromatic carbocycles. The number of nitrogens with one attached hydrogen (secondary N) is 1. The maximum absolute atomic E-state index is 7.03. The van der Waals surface area contributed by atoms with Crippen molar-refractivity contribution in [1.29, 1.82) is 0 Å². The molecule has 1 aromatic rings. The zero-order valence-electron chi connectivity index (χ0n) is 9.38. The number of thioether (sulfide) groups is 1. The Kier molecular flexibility index (Phi) is 4.70. The zero-order valence-corrected chi connectivity index (χ0v) is 10.2. The maximum Gasteiger partial charge on any atom is 0.123 e. The molecule has 0 saturated carbocycles. The van der Waals surface area contributed by atoms with Gasteiger partial charge >= 0.3 is 0 Å². The van der Waals surface area contributed by atoms with Crippen LogP contribution in [-0.2, 0) is 11.3 Å². The van der Waals surface area contributed by atoms with Crippen LogP contribution in [0.1, 0.15) is 31.8 Å². The minimum Gasteiger partial charge on any atom is -0.463 e. The van der Waals surface area contributed by atoms with Crippen LogP contribution in [-0.4, -0.2) is 12.3 Å². The zero-order chi connectivity index (χ0) is 11.3. The van der Waals surface area contributed by atoms with E-state index in [9.17, 15) is 0 Å². The quantitative estimate of drug-likeness (QED) is 0.759. The Bertz CT molecular complexity index is 297. The van der Waals surface area contributed by atoms with E-state index in [1.54, 1.807) is 11.8 Å². The lowest BCUT2D eigenvalue weighted by atomic mass is 9.98. The monoisotopic (exact) mass is 227 g/mol. The summed E-state index contributed by atoms with van der Waals surface area (Å²) in [6.07, 6.45) is 0.861. The van der Waals surface area contributed by atoms with Crippen molar-refractivity contribution in [1.82, 2.24) is 5.73 Å². The Balaban J connectivity index is 2.56. The molecule has 0 amide bonds. The molecule has 0 aliphatic rings. The van der Waals surface area contributed by atoms with Crippen molar-refractivity contribution in [3.05, 3.63) is 23.7 Å². The summed E-state index contributed by atoms with van der Waals surface area (Å²) >= 11 is 1.72. The van der Waals surface area contributed by atoms with Crippen LogP contribution >= 0.6 is 11.8 Å². The summed E-state index contributed by atoms with van der Waals surface area (Å²) in [4.78, 5) is 0. The van der Waals surface area contributed by atoms with Gasteiger partial charge in [-0.3, -0.25) is 5.73 Å². The lowest BCUT2D eigenvalue weighted by Crippen LogP contribution is -2.31. The molecular formula is C11H19N2OS. The summed E-state index contributed by atoms with van der Waals surface area (Å²) in [5.41, 5.74) is 12.7. The molecule has 1 rings (SSSR count). The average molecular weight is 227 g/mol. The second kappa shape index (κ2) is 5.58. The van der Waals surface area contributed by atoms with Crippen LogP contribution < -0.4 is 11.5 Å². The minimum absolute atomic E-state index is 0.363. The Morgan fingerprint density at radius 1 is 1.53 bits per heavy atom. The lowest BCUT2D eigenvalue weighted by Gasteiger charge is -2.19. The van der Waals surface area contributed by atoms with Crippen molar-refractivity contribution in [3.63, 3.8) is 0 Å². The van der Waals surface area contributed by atoms with E-state index < -0.39 is 0 Å². The van der Waals surface area contributed by atoms with Gasteiger partial charge in [0.2, 0.25) is 0 Å². The van der Waals surface area contributed by atoms with Crippen molar-refractivity contribution >= 4 is 11.8 Å². The molecule has 3 N–H and O–H groups in total. The molecule has 0 aliphatic carbocycles. The van der Waals surface area contributed by atoms with Gasteiger partial charge in [-0.1, -0.05) is 6.92 Å². The Morgan fingerprint density at radius 3 is 2.87 bits per heavy atom. The minimum atomic E-state index is -0.363. The van der Waals surface area contributed by atoms with Crippen LogP contribution in [0.15, 0.2) is 16.5 Å². The fourth-order valence-corrected chi connectivity index (χ4v) is 1.83. The van der Waals surface area contributed by atoms with E-state index in [1.807, 2.05) is 19.1 Å². The summed E-state index contributed by atoms with van der Waals surface area (Å²) in [6, 6.07) is 3.94. The van der Waals surface area contributed by atoms with Crippen molar-refractivity contribution in [3.8, 4) is 0 Å². The smallest absolute Gasteiger partial charge is 0.123 e. The Hall–Kier alpha value is -0.450. The van der Waals surface area contributed by atoms with Crippen molar-refractivity contribution < 1.29 is 4.42 Å². The molecule has 1 atom stereocenters. The van der Waals surface area contributed by atoms with Crippen LogP contribution in [0.25, 0.3) is 0 Å². The second-order valence-corrected chi connectivity index (χ2v) is 4.94. The van der Waals surface area contributed by atoms with Crippen molar-refractivity contribution in [2.24, 2.45) is 5.73 Å². The molecule has 0 bridgehead atoms. The fourth-order valence-electron chi connectivity index (χ4n) is 1.18. The van der Waals surface area contributed by atoms with Gasteiger partial charge in [-0.05, 0) is 25.5 Å².